The van der Waals surface area contributed by atoms with Crippen molar-refractivity contribution in [3.63, 3.8) is 0 Å². The molecule has 7 heteroatoms. The Morgan fingerprint density at radius 1 is 1.14 bits per heavy atom. The van der Waals surface area contributed by atoms with Gasteiger partial charge < -0.3 is 5.32 Å². The molecule has 1 aliphatic rings. The van der Waals surface area contributed by atoms with E-state index in [9.17, 15) is 18.0 Å². The van der Waals surface area contributed by atoms with Crippen molar-refractivity contribution in [2.24, 2.45) is 11.8 Å². The maximum atomic E-state index is 12.6. The first-order valence-electron chi connectivity index (χ1n) is 9.99. The third-order valence-electron chi connectivity index (χ3n) is 5.90. The van der Waals surface area contributed by atoms with Crippen molar-refractivity contribution in [2.75, 3.05) is 13.6 Å². The molecule has 6 nitrogen and oxygen atoms in total. The van der Waals surface area contributed by atoms with Crippen molar-refractivity contribution < 1.29 is 18.0 Å². The van der Waals surface area contributed by atoms with Crippen LogP contribution in [0.15, 0.2) is 29.2 Å². The largest absolute Gasteiger partial charge is 0.353 e. The zero-order chi connectivity index (χ0) is 20.9. The van der Waals surface area contributed by atoms with Gasteiger partial charge >= 0.3 is 0 Å². The third-order valence-corrected chi connectivity index (χ3v) is 7.77. The van der Waals surface area contributed by atoms with Gasteiger partial charge in [-0.1, -0.05) is 38.8 Å². The molecule has 1 aromatic carbocycles. The fourth-order valence-electron chi connectivity index (χ4n) is 3.69. The number of Topliss-reactive ketones (excluding diaryl/α,β-unsaturated/α-hetero) is 1. The summed E-state index contributed by atoms with van der Waals surface area (Å²) in [5, 5.41) is 3.12. The van der Waals surface area contributed by atoms with Crippen LogP contribution in [0.5, 0.6) is 0 Å². The lowest BCUT2D eigenvalue weighted by Crippen LogP contribution is -2.43. The number of carbonyl (C=O) groups is 2. The molecule has 2 rings (SSSR count). The molecule has 0 saturated heterocycles. The first-order chi connectivity index (χ1) is 13.1. The lowest BCUT2D eigenvalue weighted by atomic mass is 9.78. The molecule has 1 amide bonds. The second-order valence-corrected chi connectivity index (χ2v) is 10.00. The van der Waals surface area contributed by atoms with Gasteiger partial charge in [0, 0.05) is 31.6 Å². The maximum Gasteiger partial charge on any atom is 0.242 e. The van der Waals surface area contributed by atoms with Gasteiger partial charge in [0.05, 0.1) is 4.90 Å². The Labute approximate surface area is 168 Å². The predicted molar refractivity (Wildman–Crippen MR) is 110 cm³/mol. The number of carbonyl (C=O) groups excluding carboxylic acids is 2. The molecule has 0 radical (unpaired) electrons. The molecule has 3 atom stereocenters. The quantitative estimate of drug-likeness (QED) is 0.670. The van der Waals surface area contributed by atoms with Crippen LogP contribution in [0.25, 0.3) is 0 Å². The molecule has 1 saturated carbocycles. The molecule has 1 fully saturated rings. The Bertz CT molecular complexity index is 789. The summed E-state index contributed by atoms with van der Waals surface area (Å²) in [6, 6.07) is 6.14. The van der Waals surface area contributed by atoms with Crippen LogP contribution in [0.2, 0.25) is 0 Å². The van der Waals surface area contributed by atoms with Crippen LogP contribution in [0, 0.1) is 11.8 Å². The average molecular weight is 409 g/mol. The Balaban J connectivity index is 1.84. The summed E-state index contributed by atoms with van der Waals surface area (Å²) in [6.45, 7) is 6.12. The van der Waals surface area contributed by atoms with E-state index in [1.807, 2.05) is 0 Å². The molecular weight excluding hydrogens is 376 g/mol. The maximum absolute atomic E-state index is 12.6. The van der Waals surface area contributed by atoms with E-state index in [0.717, 1.165) is 12.8 Å². The topological polar surface area (TPSA) is 83.6 Å². The summed E-state index contributed by atoms with van der Waals surface area (Å²) in [7, 11) is -2.12. The summed E-state index contributed by atoms with van der Waals surface area (Å²) < 4.78 is 26.5. The molecule has 1 aromatic rings. The van der Waals surface area contributed by atoms with Crippen LogP contribution in [0.3, 0.4) is 0 Å². The number of amides is 1. The van der Waals surface area contributed by atoms with Crippen LogP contribution < -0.4 is 5.32 Å². The SMILES string of the molecule is CC(=O)c1ccc(S(=O)(=O)N(C)CCCC(=O)NC2CCCC(C)C2C)cc1. The number of hydrogen-bond acceptors (Lipinski definition) is 4. The van der Waals surface area contributed by atoms with E-state index >= 15 is 0 Å². The molecule has 0 aromatic heterocycles. The van der Waals surface area contributed by atoms with Gasteiger partial charge in [-0.2, -0.15) is 0 Å². The van der Waals surface area contributed by atoms with E-state index in [0.29, 0.717) is 30.2 Å². The molecule has 156 valence electrons. The molecule has 0 bridgehead atoms. The summed E-state index contributed by atoms with van der Waals surface area (Å²) in [6.07, 6.45) is 4.13. The minimum Gasteiger partial charge on any atom is -0.353 e. The molecule has 0 spiro atoms. The standard InChI is InChI=1S/C21H32N2O4S/c1-15-7-5-8-20(16(15)2)22-21(25)9-6-14-23(4)28(26,27)19-12-10-18(11-13-19)17(3)24/h10-13,15-16,20H,5-9,14H2,1-4H3,(H,22,25). The number of benzene rings is 1. The number of ketones is 1. The molecule has 0 heterocycles. The normalized spacial score (nSPS) is 22.8. The number of hydrogen-bond donors (Lipinski definition) is 1. The number of nitrogens with one attached hydrogen (secondary N) is 1. The van der Waals surface area contributed by atoms with E-state index in [-0.39, 0.29) is 29.2 Å². The van der Waals surface area contributed by atoms with Crippen molar-refractivity contribution >= 4 is 21.7 Å². The minimum absolute atomic E-state index is 0.0115. The highest BCUT2D eigenvalue weighted by molar-refractivity contribution is 7.89. The van der Waals surface area contributed by atoms with Crippen molar-refractivity contribution in [2.45, 2.75) is 63.8 Å². The summed E-state index contributed by atoms with van der Waals surface area (Å²) in [5.74, 6) is 0.969. The lowest BCUT2D eigenvalue weighted by molar-refractivity contribution is -0.122. The molecule has 3 unspecified atom stereocenters. The number of rotatable bonds is 8. The molecule has 1 aliphatic carbocycles. The van der Waals surface area contributed by atoms with E-state index in [1.165, 1.54) is 49.0 Å². The highest BCUT2D eigenvalue weighted by Gasteiger charge is 2.28. The van der Waals surface area contributed by atoms with E-state index in [4.69, 9.17) is 0 Å². The highest BCUT2D eigenvalue weighted by atomic mass is 32.2. The molecular formula is C21H32N2O4S. The van der Waals surface area contributed by atoms with Crippen molar-refractivity contribution in [1.29, 1.82) is 0 Å². The van der Waals surface area contributed by atoms with Crippen molar-refractivity contribution in [1.82, 2.24) is 9.62 Å². The summed E-state index contributed by atoms with van der Waals surface area (Å²) in [4.78, 5) is 23.7. The van der Waals surface area contributed by atoms with Crippen molar-refractivity contribution in [3.05, 3.63) is 29.8 Å². The van der Waals surface area contributed by atoms with Gasteiger partial charge in [0.15, 0.2) is 5.78 Å². The molecule has 0 aliphatic heterocycles. The van der Waals surface area contributed by atoms with Gasteiger partial charge in [0.2, 0.25) is 15.9 Å². The molecule has 28 heavy (non-hydrogen) atoms. The number of sulfonamides is 1. The van der Waals surface area contributed by atoms with Crippen molar-refractivity contribution in [3.8, 4) is 0 Å². The number of nitrogens with zero attached hydrogens (tertiary/aromatic N) is 1. The van der Waals surface area contributed by atoms with Crippen LogP contribution >= 0.6 is 0 Å². The Kier molecular flexibility index (Phi) is 7.78. The van der Waals surface area contributed by atoms with E-state index in [2.05, 4.69) is 19.2 Å². The zero-order valence-corrected chi connectivity index (χ0v) is 18.1. The molecule has 1 N–H and O–H groups in total. The van der Waals surface area contributed by atoms with Crippen LogP contribution in [-0.2, 0) is 14.8 Å². The van der Waals surface area contributed by atoms with Gasteiger partial charge in [0.1, 0.15) is 0 Å². The Morgan fingerprint density at radius 3 is 2.39 bits per heavy atom. The Morgan fingerprint density at radius 2 is 1.79 bits per heavy atom. The van der Waals surface area contributed by atoms with Gasteiger partial charge in [-0.3, -0.25) is 9.59 Å². The lowest BCUT2D eigenvalue weighted by Gasteiger charge is -2.34. The summed E-state index contributed by atoms with van der Waals surface area (Å²) >= 11 is 0. The van der Waals surface area contributed by atoms with E-state index in [1.54, 1.807) is 0 Å². The summed E-state index contributed by atoms with van der Waals surface area (Å²) in [5.41, 5.74) is 0.476. The highest BCUT2D eigenvalue weighted by Crippen LogP contribution is 2.29. The van der Waals surface area contributed by atoms with Crippen LogP contribution in [-0.4, -0.2) is 44.0 Å². The second-order valence-electron chi connectivity index (χ2n) is 7.95. The fourth-order valence-corrected chi connectivity index (χ4v) is 4.90. The zero-order valence-electron chi connectivity index (χ0n) is 17.3. The van der Waals surface area contributed by atoms with Gasteiger partial charge in [0.25, 0.3) is 0 Å². The Hall–Kier alpha value is -1.73. The predicted octanol–water partition coefficient (Wildman–Crippen LogP) is 3.23. The van der Waals surface area contributed by atoms with E-state index < -0.39 is 10.0 Å². The average Bonchev–Trinajstić information content (AvgIpc) is 2.65. The third kappa shape index (κ3) is 5.64. The van der Waals surface area contributed by atoms with Gasteiger partial charge in [-0.05, 0) is 43.7 Å². The fraction of sp³-hybridized carbons (Fsp3) is 0.619. The first-order valence-corrected chi connectivity index (χ1v) is 11.4. The second kappa shape index (κ2) is 9.65. The smallest absolute Gasteiger partial charge is 0.242 e. The van der Waals surface area contributed by atoms with Crippen LogP contribution in [0.4, 0.5) is 0 Å². The van der Waals surface area contributed by atoms with Crippen LogP contribution in [0.1, 0.15) is 63.2 Å². The van der Waals surface area contributed by atoms with Gasteiger partial charge in [-0.25, -0.2) is 12.7 Å². The minimum atomic E-state index is -3.63. The first kappa shape index (κ1) is 22.6. The van der Waals surface area contributed by atoms with Gasteiger partial charge in [-0.15, -0.1) is 0 Å². The monoisotopic (exact) mass is 408 g/mol.